The number of hydrogen-bond acceptors (Lipinski definition) is 3. The summed E-state index contributed by atoms with van der Waals surface area (Å²) in [7, 11) is 1.61. The summed E-state index contributed by atoms with van der Waals surface area (Å²) in [6, 6.07) is 3.53. The quantitative estimate of drug-likeness (QED) is 0.521. The first-order valence-corrected chi connectivity index (χ1v) is 8.81. The largest absolute Gasteiger partial charge is 0.444 e. The molecule has 0 heterocycles. The number of amides is 1. The Balaban J connectivity index is 2.45. The highest BCUT2D eigenvalue weighted by molar-refractivity contribution is 5.79. The van der Waals surface area contributed by atoms with E-state index in [1.165, 1.54) is 12.1 Å². The standard InChI is InChI=1S/C19H30F2N4O2/c1-18(2,3)27-17(26)25-19(4,5)12-24-16(22-6)23-10-9-13-7-8-14(20)11-15(13)21/h7-8,11H,9-10,12H2,1-6H3,(H,25,26)(H2,22,23,24). The predicted octanol–water partition coefficient (Wildman–Crippen LogP) is 2.98. The summed E-state index contributed by atoms with van der Waals surface area (Å²) in [5, 5.41) is 8.96. The molecule has 0 aliphatic carbocycles. The molecule has 152 valence electrons. The van der Waals surface area contributed by atoms with Crippen LogP contribution in [-0.4, -0.2) is 43.3 Å². The number of guanidine groups is 1. The van der Waals surface area contributed by atoms with Crippen molar-refractivity contribution < 1.29 is 18.3 Å². The Labute approximate surface area is 159 Å². The van der Waals surface area contributed by atoms with Crippen molar-refractivity contribution in [2.24, 2.45) is 4.99 Å². The van der Waals surface area contributed by atoms with Crippen LogP contribution in [0.25, 0.3) is 0 Å². The molecule has 1 rings (SSSR count). The maximum Gasteiger partial charge on any atom is 0.408 e. The van der Waals surface area contributed by atoms with Crippen molar-refractivity contribution in [3.8, 4) is 0 Å². The Morgan fingerprint density at radius 2 is 1.81 bits per heavy atom. The van der Waals surface area contributed by atoms with Gasteiger partial charge in [-0.1, -0.05) is 6.07 Å². The van der Waals surface area contributed by atoms with Gasteiger partial charge in [0.15, 0.2) is 5.96 Å². The van der Waals surface area contributed by atoms with Gasteiger partial charge in [0.25, 0.3) is 0 Å². The first-order valence-electron chi connectivity index (χ1n) is 8.81. The number of benzene rings is 1. The summed E-state index contributed by atoms with van der Waals surface area (Å²) in [6.07, 6.45) is -0.115. The van der Waals surface area contributed by atoms with Crippen molar-refractivity contribution in [3.05, 3.63) is 35.4 Å². The average Bonchev–Trinajstić information content (AvgIpc) is 2.50. The van der Waals surface area contributed by atoms with Crippen LogP contribution in [0, 0.1) is 11.6 Å². The number of hydrogen-bond donors (Lipinski definition) is 3. The Morgan fingerprint density at radius 1 is 1.15 bits per heavy atom. The van der Waals surface area contributed by atoms with Gasteiger partial charge in [0.2, 0.25) is 0 Å². The van der Waals surface area contributed by atoms with E-state index in [0.717, 1.165) is 6.07 Å². The second-order valence-corrected chi connectivity index (χ2v) is 7.85. The third kappa shape index (κ3) is 9.21. The van der Waals surface area contributed by atoms with Gasteiger partial charge in [0.1, 0.15) is 17.2 Å². The Hall–Kier alpha value is -2.38. The Kier molecular flexibility index (Phi) is 7.99. The van der Waals surface area contributed by atoms with Crippen LogP contribution >= 0.6 is 0 Å². The van der Waals surface area contributed by atoms with Crippen molar-refractivity contribution in [2.75, 3.05) is 20.1 Å². The number of carbonyl (C=O) groups is 1. The van der Waals surface area contributed by atoms with Gasteiger partial charge in [-0.3, -0.25) is 4.99 Å². The van der Waals surface area contributed by atoms with Crippen LogP contribution in [0.4, 0.5) is 13.6 Å². The first kappa shape index (κ1) is 22.7. The molecule has 1 amide bonds. The van der Waals surface area contributed by atoms with Gasteiger partial charge in [-0.25, -0.2) is 13.6 Å². The van der Waals surface area contributed by atoms with E-state index in [9.17, 15) is 13.6 Å². The lowest BCUT2D eigenvalue weighted by Gasteiger charge is -2.29. The predicted molar refractivity (Wildman–Crippen MR) is 103 cm³/mol. The molecule has 1 aromatic rings. The molecule has 0 radical (unpaired) electrons. The molecule has 8 heteroatoms. The summed E-state index contributed by atoms with van der Waals surface area (Å²) in [5.41, 5.74) is -0.727. The monoisotopic (exact) mass is 384 g/mol. The molecule has 0 aromatic heterocycles. The van der Waals surface area contributed by atoms with E-state index in [4.69, 9.17) is 4.74 Å². The van der Waals surface area contributed by atoms with Gasteiger partial charge in [0, 0.05) is 26.2 Å². The molecular weight excluding hydrogens is 354 g/mol. The molecular formula is C19H30F2N4O2. The number of alkyl carbamates (subject to hydrolysis) is 1. The number of aliphatic imine (C=N–C) groups is 1. The highest BCUT2D eigenvalue weighted by atomic mass is 19.1. The van der Waals surface area contributed by atoms with Crippen LogP contribution < -0.4 is 16.0 Å². The smallest absolute Gasteiger partial charge is 0.408 e. The van der Waals surface area contributed by atoms with Gasteiger partial charge >= 0.3 is 6.09 Å². The third-order valence-electron chi connectivity index (χ3n) is 3.46. The zero-order valence-corrected chi connectivity index (χ0v) is 16.9. The van der Waals surface area contributed by atoms with Crippen LogP contribution in [0.1, 0.15) is 40.2 Å². The van der Waals surface area contributed by atoms with Gasteiger partial charge in [-0.05, 0) is 52.7 Å². The minimum absolute atomic E-state index is 0.381. The molecule has 3 N–H and O–H groups in total. The Morgan fingerprint density at radius 3 is 2.37 bits per heavy atom. The van der Waals surface area contributed by atoms with Crippen LogP contribution in [0.5, 0.6) is 0 Å². The average molecular weight is 384 g/mol. The number of carbonyl (C=O) groups excluding carboxylic acids is 1. The van der Waals surface area contributed by atoms with E-state index in [1.54, 1.807) is 27.8 Å². The highest BCUT2D eigenvalue weighted by Crippen LogP contribution is 2.10. The summed E-state index contributed by atoms with van der Waals surface area (Å²) in [5.74, 6) is -0.652. The molecule has 1 aromatic carbocycles. The SMILES string of the molecule is CN=C(NCCc1ccc(F)cc1F)NCC(C)(C)NC(=O)OC(C)(C)C. The molecule has 0 saturated heterocycles. The van der Waals surface area contributed by atoms with Crippen LogP contribution in [-0.2, 0) is 11.2 Å². The lowest BCUT2D eigenvalue weighted by atomic mass is 10.1. The van der Waals surface area contributed by atoms with E-state index in [1.807, 2.05) is 13.8 Å². The third-order valence-corrected chi connectivity index (χ3v) is 3.46. The van der Waals surface area contributed by atoms with E-state index in [-0.39, 0.29) is 0 Å². The molecule has 0 aliphatic heterocycles. The van der Waals surface area contributed by atoms with E-state index < -0.39 is 28.9 Å². The number of nitrogens with zero attached hydrogens (tertiary/aromatic N) is 1. The van der Waals surface area contributed by atoms with Crippen molar-refractivity contribution >= 4 is 12.1 Å². The lowest BCUT2D eigenvalue weighted by molar-refractivity contribution is 0.0474. The maximum atomic E-state index is 13.6. The fraction of sp³-hybridized carbons (Fsp3) is 0.579. The van der Waals surface area contributed by atoms with Crippen molar-refractivity contribution in [2.45, 2.75) is 52.2 Å². The molecule has 0 fully saturated rings. The molecule has 0 spiro atoms. The fourth-order valence-electron chi connectivity index (χ4n) is 2.19. The molecule has 0 unspecified atom stereocenters. The summed E-state index contributed by atoms with van der Waals surface area (Å²) < 4.78 is 31.8. The van der Waals surface area contributed by atoms with Crippen molar-refractivity contribution in [1.29, 1.82) is 0 Å². The lowest BCUT2D eigenvalue weighted by Crippen LogP contribution is -2.54. The van der Waals surface area contributed by atoms with Gasteiger partial charge in [0.05, 0.1) is 5.54 Å². The number of rotatable bonds is 6. The normalized spacial score (nSPS) is 12.5. The highest BCUT2D eigenvalue weighted by Gasteiger charge is 2.24. The summed E-state index contributed by atoms with van der Waals surface area (Å²) in [4.78, 5) is 16.0. The summed E-state index contributed by atoms with van der Waals surface area (Å²) in [6.45, 7) is 9.92. The van der Waals surface area contributed by atoms with Gasteiger partial charge < -0.3 is 20.7 Å². The zero-order valence-electron chi connectivity index (χ0n) is 16.9. The minimum Gasteiger partial charge on any atom is -0.444 e. The van der Waals surface area contributed by atoms with Gasteiger partial charge in [-0.15, -0.1) is 0 Å². The van der Waals surface area contributed by atoms with E-state index in [0.29, 0.717) is 31.0 Å². The minimum atomic E-state index is -0.596. The zero-order chi connectivity index (χ0) is 20.7. The fourth-order valence-corrected chi connectivity index (χ4v) is 2.19. The summed E-state index contributed by atoms with van der Waals surface area (Å²) >= 11 is 0. The van der Waals surface area contributed by atoms with Crippen LogP contribution in [0.3, 0.4) is 0 Å². The number of ether oxygens (including phenoxy) is 1. The number of nitrogens with one attached hydrogen (secondary N) is 3. The van der Waals surface area contributed by atoms with Crippen molar-refractivity contribution in [1.82, 2.24) is 16.0 Å². The molecule has 0 bridgehead atoms. The second-order valence-electron chi connectivity index (χ2n) is 7.85. The molecule has 0 saturated carbocycles. The van der Waals surface area contributed by atoms with Gasteiger partial charge in [-0.2, -0.15) is 0 Å². The van der Waals surface area contributed by atoms with E-state index in [2.05, 4.69) is 20.9 Å². The molecule has 6 nitrogen and oxygen atoms in total. The van der Waals surface area contributed by atoms with Crippen molar-refractivity contribution in [3.63, 3.8) is 0 Å². The van der Waals surface area contributed by atoms with Crippen LogP contribution in [0.2, 0.25) is 0 Å². The molecule has 0 aliphatic rings. The molecule has 27 heavy (non-hydrogen) atoms. The van der Waals surface area contributed by atoms with E-state index >= 15 is 0 Å². The number of halogens is 2. The second kappa shape index (κ2) is 9.53. The van der Waals surface area contributed by atoms with Crippen LogP contribution in [0.15, 0.2) is 23.2 Å². The Bertz CT molecular complexity index is 670. The molecule has 0 atom stereocenters. The first-order chi connectivity index (χ1) is 12.4. The topological polar surface area (TPSA) is 74.8 Å². The maximum absolute atomic E-state index is 13.6.